The summed E-state index contributed by atoms with van der Waals surface area (Å²) in [6, 6.07) is 11.8. The molecule has 0 aliphatic carbocycles. The first-order valence-corrected chi connectivity index (χ1v) is 8.53. The van der Waals surface area contributed by atoms with Crippen molar-refractivity contribution < 1.29 is 23.1 Å². The monoisotopic (exact) mass is 365 g/mol. The number of amides is 1. The number of carbonyl (C=O) groups excluding carboxylic acids is 2. The third-order valence-electron chi connectivity index (χ3n) is 3.36. The number of hydrogen-bond donors (Lipinski definition) is 1. The number of ether oxygens (including phenoxy) is 1. The van der Waals surface area contributed by atoms with Crippen LogP contribution in [0.3, 0.4) is 0 Å². The van der Waals surface area contributed by atoms with Gasteiger partial charge in [-0.05, 0) is 35.4 Å². The van der Waals surface area contributed by atoms with Crippen molar-refractivity contribution in [1.82, 2.24) is 5.32 Å². The highest BCUT2D eigenvalue weighted by atomic mass is 32.2. The highest BCUT2D eigenvalue weighted by Crippen LogP contribution is 2.35. The molecule has 0 atom stereocenters. The predicted octanol–water partition coefficient (Wildman–Crippen LogP) is 3.08. The fraction of sp³-hybridized carbons (Fsp3) is 0.222. The van der Waals surface area contributed by atoms with Crippen LogP contribution in [0, 0.1) is 11.6 Å². The fourth-order valence-electron chi connectivity index (χ4n) is 2.07. The summed E-state index contributed by atoms with van der Waals surface area (Å²) in [5.41, 5.74) is 1.55. The molecule has 2 aromatic rings. The van der Waals surface area contributed by atoms with Gasteiger partial charge in [-0.25, -0.2) is 8.78 Å². The van der Waals surface area contributed by atoms with Gasteiger partial charge in [-0.2, -0.15) is 0 Å². The van der Waals surface area contributed by atoms with E-state index in [1.807, 2.05) is 0 Å². The quantitative estimate of drug-likeness (QED) is 0.766. The average Bonchev–Trinajstić information content (AvgIpc) is 2.62. The van der Waals surface area contributed by atoms with Gasteiger partial charge in [0.25, 0.3) is 5.91 Å². The van der Waals surface area contributed by atoms with E-state index in [9.17, 15) is 18.4 Å². The molecule has 2 aromatic carbocycles. The minimum atomic E-state index is -0.539. The second-order valence-corrected chi connectivity index (χ2v) is 6.22. The van der Waals surface area contributed by atoms with Crippen LogP contribution in [0.15, 0.2) is 48.5 Å². The van der Waals surface area contributed by atoms with E-state index in [1.54, 1.807) is 24.3 Å². The molecule has 0 spiro atoms. The minimum absolute atomic E-state index is 0.00356. The van der Waals surface area contributed by atoms with Crippen molar-refractivity contribution in [2.45, 2.75) is 5.25 Å². The molecule has 0 aliphatic rings. The fourth-order valence-corrected chi connectivity index (χ4v) is 3.16. The van der Waals surface area contributed by atoms with Crippen LogP contribution in [0.1, 0.15) is 16.4 Å². The van der Waals surface area contributed by atoms with Crippen LogP contribution in [0.25, 0.3) is 0 Å². The molecule has 0 aliphatic heterocycles. The molecule has 1 amide bonds. The van der Waals surface area contributed by atoms with Gasteiger partial charge < -0.3 is 10.1 Å². The highest BCUT2D eigenvalue weighted by molar-refractivity contribution is 8.00. The first-order valence-electron chi connectivity index (χ1n) is 7.48. The lowest BCUT2D eigenvalue weighted by Gasteiger charge is -2.17. The van der Waals surface area contributed by atoms with Crippen molar-refractivity contribution >= 4 is 23.6 Å². The van der Waals surface area contributed by atoms with Gasteiger partial charge in [0.1, 0.15) is 11.6 Å². The number of carbonyl (C=O) groups is 2. The number of hydrogen-bond acceptors (Lipinski definition) is 4. The number of benzene rings is 2. The van der Waals surface area contributed by atoms with Gasteiger partial charge >= 0.3 is 5.97 Å². The smallest absolute Gasteiger partial charge is 0.316 e. The first kappa shape index (κ1) is 18.9. The Balaban J connectivity index is 2.09. The van der Waals surface area contributed by atoms with E-state index < -0.39 is 11.9 Å². The standard InChI is InChI=1S/C18H17F2NO3S/c1-21-16(22)10-24-17(23)11-25-18(12-2-6-14(19)7-3-12)13-4-8-15(20)9-5-13/h2-9,18H,10-11H2,1H3,(H,21,22). The molecular formula is C18H17F2NO3S. The molecule has 7 heteroatoms. The molecule has 0 bridgehead atoms. The third-order valence-corrected chi connectivity index (χ3v) is 4.64. The van der Waals surface area contributed by atoms with Crippen LogP contribution in [0.5, 0.6) is 0 Å². The molecule has 0 unspecified atom stereocenters. The van der Waals surface area contributed by atoms with Gasteiger partial charge in [-0.15, -0.1) is 11.8 Å². The zero-order valence-electron chi connectivity index (χ0n) is 13.5. The lowest BCUT2D eigenvalue weighted by Crippen LogP contribution is -2.25. The number of rotatable bonds is 7. The van der Waals surface area contributed by atoms with Gasteiger partial charge in [-0.1, -0.05) is 24.3 Å². The van der Waals surface area contributed by atoms with Crippen LogP contribution >= 0.6 is 11.8 Å². The summed E-state index contributed by atoms with van der Waals surface area (Å²) in [7, 11) is 1.45. The lowest BCUT2D eigenvalue weighted by atomic mass is 10.0. The number of thioether (sulfide) groups is 1. The molecule has 25 heavy (non-hydrogen) atoms. The minimum Gasteiger partial charge on any atom is -0.455 e. The molecule has 1 N–H and O–H groups in total. The Bertz CT molecular complexity index is 675. The maximum absolute atomic E-state index is 13.2. The van der Waals surface area contributed by atoms with Gasteiger partial charge in [0, 0.05) is 7.05 Å². The molecule has 0 radical (unpaired) electrons. The van der Waals surface area contributed by atoms with E-state index >= 15 is 0 Å². The van der Waals surface area contributed by atoms with Crippen molar-refractivity contribution in [3.8, 4) is 0 Å². The van der Waals surface area contributed by atoms with E-state index in [2.05, 4.69) is 5.32 Å². The van der Waals surface area contributed by atoms with Crippen molar-refractivity contribution in [2.75, 3.05) is 19.4 Å². The van der Waals surface area contributed by atoms with E-state index in [0.29, 0.717) is 0 Å². The van der Waals surface area contributed by atoms with Gasteiger partial charge in [0.2, 0.25) is 0 Å². The van der Waals surface area contributed by atoms with Crippen LogP contribution < -0.4 is 5.32 Å². The van der Waals surface area contributed by atoms with Crippen molar-refractivity contribution in [3.63, 3.8) is 0 Å². The maximum atomic E-state index is 13.2. The van der Waals surface area contributed by atoms with Crippen molar-refractivity contribution in [3.05, 3.63) is 71.3 Å². The number of esters is 1. The Morgan fingerprint density at radius 1 is 1.00 bits per heavy atom. The molecule has 0 saturated heterocycles. The Hall–Kier alpha value is -2.41. The molecule has 2 rings (SSSR count). The summed E-state index contributed by atoms with van der Waals surface area (Å²) < 4.78 is 31.2. The second kappa shape index (κ2) is 9.17. The number of halogens is 2. The number of nitrogens with one attached hydrogen (secondary N) is 1. The van der Waals surface area contributed by atoms with E-state index in [0.717, 1.165) is 11.1 Å². The second-order valence-electron chi connectivity index (χ2n) is 5.13. The Morgan fingerprint density at radius 3 is 1.92 bits per heavy atom. The highest BCUT2D eigenvalue weighted by Gasteiger charge is 2.18. The Labute approximate surface area is 148 Å². The summed E-state index contributed by atoms with van der Waals surface area (Å²) >= 11 is 1.26. The summed E-state index contributed by atoms with van der Waals surface area (Å²) in [5, 5.41) is 2.06. The van der Waals surface area contributed by atoms with Crippen molar-refractivity contribution in [2.24, 2.45) is 0 Å². The van der Waals surface area contributed by atoms with Gasteiger partial charge in [0.05, 0.1) is 11.0 Å². The van der Waals surface area contributed by atoms with Crippen LogP contribution in [0.2, 0.25) is 0 Å². The molecule has 132 valence electrons. The molecule has 4 nitrogen and oxygen atoms in total. The number of likely N-dealkylation sites (N-methyl/N-ethyl adjacent to an activating group) is 1. The zero-order valence-corrected chi connectivity index (χ0v) is 14.3. The topological polar surface area (TPSA) is 55.4 Å². The van der Waals surface area contributed by atoms with E-state index in [1.165, 1.54) is 43.1 Å². The molecule has 0 heterocycles. The van der Waals surface area contributed by atoms with E-state index in [4.69, 9.17) is 4.74 Å². The van der Waals surface area contributed by atoms with Gasteiger partial charge in [-0.3, -0.25) is 9.59 Å². The molecule has 0 saturated carbocycles. The Kier molecular flexibility index (Phi) is 6.94. The van der Waals surface area contributed by atoms with Crippen LogP contribution in [-0.4, -0.2) is 31.3 Å². The first-order chi connectivity index (χ1) is 12.0. The summed E-state index contributed by atoms with van der Waals surface area (Å²) in [4.78, 5) is 22.9. The molecule has 0 aromatic heterocycles. The third kappa shape index (κ3) is 5.86. The van der Waals surface area contributed by atoms with Crippen LogP contribution in [0.4, 0.5) is 8.78 Å². The molecule has 0 fully saturated rings. The normalized spacial score (nSPS) is 10.6. The lowest BCUT2D eigenvalue weighted by molar-refractivity contribution is -0.145. The maximum Gasteiger partial charge on any atom is 0.316 e. The summed E-state index contributed by atoms with van der Waals surface area (Å²) in [6.45, 7) is -0.340. The van der Waals surface area contributed by atoms with E-state index in [-0.39, 0.29) is 29.2 Å². The Morgan fingerprint density at radius 2 is 1.48 bits per heavy atom. The van der Waals surface area contributed by atoms with Crippen molar-refractivity contribution in [1.29, 1.82) is 0 Å². The average molecular weight is 365 g/mol. The zero-order chi connectivity index (χ0) is 18.2. The van der Waals surface area contributed by atoms with Gasteiger partial charge in [0.15, 0.2) is 6.61 Å². The van der Waals surface area contributed by atoms with Crippen LogP contribution in [-0.2, 0) is 14.3 Å². The summed E-state index contributed by atoms with van der Waals surface area (Å²) in [5.74, 6) is -1.67. The predicted molar refractivity (Wildman–Crippen MR) is 92.1 cm³/mol. The largest absolute Gasteiger partial charge is 0.455 e. The molecular weight excluding hydrogens is 348 g/mol. The summed E-state index contributed by atoms with van der Waals surface area (Å²) in [6.07, 6.45) is 0. The SMILES string of the molecule is CNC(=O)COC(=O)CSC(c1ccc(F)cc1)c1ccc(F)cc1.